The van der Waals surface area contributed by atoms with E-state index in [2.05, 4.69) is 14.2 Å². The van der Waals surface area contributed by atoms with Crippen LogP contribution in [0.5, 0.6) is 0 Å². The van der Waals surface area contributed by atoms with Crippen LogP contribution in [0.15, 0.2) is 47.3 Å². The molecule has 2 aromatic heterocycles. The second kappa shape index (κ2) is 10.7. The molecule has 0 radical (unpaired) electrons. The van der Waals surface area contributed by atoms with Crippen molar-refractivity contribution >= 4 is 39.3 Å². The van der Waals surface area contributed by atoms with Crippen LogP contribution < -0.4 is 5.14 Å². The number of carbonyl (C=O) groups is 1. The first kappa shape index (κ1) is 25.7. The monoisotopic (exact) mass is 539 g/mol. The van der Waals surface area contributed by atoms with Gasteiger partial charge in [0, 0.05) is 29.1 Å². The summed E-state index contributed by atoms with van der Waals surface area (Å²) in [7, 11) is -4.09. The number of aliphatic hydroxyl groups excluding tert-OH is 1. The lowest BCUT2D eigenvalue weighted by atomic mass is 9.96. The van der Waals surface area contributed by atoms with Gasteiger partial charge >= 0.3 is 10.3 Å². The van der Waals surface area contributed by atoms with Crippen molar-refractivity contribution in [2.75, 3.05) is 6.61 Å². The molecule has 1 aliphatic carbocycles. The van der Waals surface area contributed by atoms with Gasteiger partial charge in [-0.05, 0) is 60.5 Å². The van der Waals surface area contributed by atoms with E-state index < -0.39 is 28.1 Å². The summed E-state index contributed by atoms with van der Waals surface area (Å²) in [6.45, 7) is -0.202. The Kier molecular flexibility index (Phi) is 7.89. The Hall–Kier alpha value is -2.34. The molecule has 1 saturated carbocycles. The Bertz CT molecular complexity index is 1330. The Labute approximate surface area is 212 Å². The standard InChI is InChI=1S/C23H23Cl2N3O6S/c24-17-3-1-2-13(6-17)4-15-9-21(34-23(15)25)22(30)18-10-27-12-28-19(18)7-14-5-16(20(29)8-14)11-33-35(26,31)32/h1-3,6,9-10,12,14,16,20,29H,4-5,7-8,11H2,(H2,26,31,32)/t14-,16+,20-/m0/s1. The van der Waals surface area contributed by atoms with Crippen molar-refractivity contribution in [1.82, 2.24) is 9.97 Å². The molecule has 1 fully saturated rings. The van der Waals surface area contributed by atoms with Gasteiger partial charge in [0.2, 0.25) is 5.78 Å². The summed E-state index contributed by atoms with van der Waals surface area (Å²) in [4.78, 5) is 21.5. The normalized spacial score (nSPS) is 20.3. The summed E-state index contributed by atoms with van der Waals surface area (Å²) < 4.78 is 32.3. The summed E-state index contributed by atoms with van der Waals surface area (Å²) in [6.07, 6.45) is 3.74. The highest BCUT2D eigenvalue weighted by molar-refractivity contribution is 7.84. The largest absolute Gasteiger partial charge is 0.441 e. The van der Waals surface area contributed by atoms with Crippen molar-refractivity contribution in [2.45, 2.75) is 31.8 Å². The van der Waals surface area contributed by atoms with Crippen LogP contribution >= 0.6 is 23.2 Å². The van der Waals surface area contributed by atoms with Crippen LogP contribution in [0.4, 0.5) is 0 Å². The van der Waals surface area contributed by atoms with Gasteiger partial charge in [0.25, 0.3) is 0 Å². The van der Waals surface area contributed by atoms with Gasteiger partial charge in [-0.25, -0.2) is 15.1 Å². The number of benzene rings is 1. The number of aromatic nitrogens is 2. The molecule has 3 atom stereocenters. The molecule has 0 bridgehead atoms. The third-order valence-corrected chi connectivity index (χ3v) is 7.01. The van der Waals surface area contributed by atoms with Crippen LogP contribution in [0, 0.1) is 11.8 Å². The van der Waals surface area contributed by atoms with E-state index in [1.54, 1.807) is 12.1 Å². The number of furan rings is 1. The number of halogens is 2. The van der Waals surface area contributed by atoms with E-state index in [1.807, 2.05) is 18.2 Å². The van der Waals surface area contributed by atoms with Gasteiger partial charge < -0.3 is 9.52 Å². The average Bonchev–Trinajstić information content (AvgIpc) is 3.33. The molecule has 12 heteroatoms. The minimum Gasteiger partial charge on any atom is -0.441 e. The third kappa shape index (κ3) is 6.66. The van der Waals surface area contributed by atoms with E-state index in [4.69, 9.17) is 32.8 Å². The molecule has 0 unspecified atom stereocenters. The molecule has 3 aromatic rings. The molecule has 1 aliphatic rings. The number of hydrogen-bond donors (Lipinski definition) is 2. The van der Waals surface area contributed by atoms with Crippen LogP contribution in [-0.2, 0) is 27.3 Å². The summed E-state index contributed by atoms with van der Waals surface area (Å²) in [6, 6.07) is 8.91. The lowest BCUT2D eigenvalue weighted by Crippen LogP contribution is -2.24. The number of ketones is 1. The maximum Gasteiger partial charge on any atom is 0.333 e. The lowest BCUT2D eigenvalue weighted by molar-refractivity contribution is 0.100. The molecule has 0 spiro atoms. The second-order valence-corrected chi connectivity index (χ2v) is 10.6. The summed E-state index contributed by atoms with van der Waals surface area (Å²) >= 11 is 12.3. The second-order valence-electron chi connectivity index (χ2n) is 8.57. The SMILES string of the molecule is NS(=O)(=O)OC[C@H]1C[C@@H](Cc2ncncc2C(=O)c2cc(Cc3cccc(Cl)c3)c(Cl)o2)C[C@@H]1O. The van der Waals surface area contributed by atoms with Gasteiger partial charge in [-0.1, -0.05) is 23.7 Å². The van der Waals surface area contributed by atoms with E-state index in [-0.39, 0.29) is 29.1 Å². The van der Waals surface area contributed by atoms with Crippen molar-refractivity contribution in [1.29, 1.82) is 0 Å². The number of aliphatic hydroxyl groups is 1. The summed E-state index contributed by atoms with van der Waals surface area (Å²) in [5.74, 6) is -0.780. The molecule has 1 aromatic carbocycles. The molecule has 0 amide bonds. The van der Waals surface area contributed by atoms with Gasteiger partial charge in [-0.2, -0.15) is 8.42 Å². The van der Waals surface area contributed by atoms with Gasteiger partial charge in [0.1, 0.15) is 6.33 Å². The Balaban J connectivity index is 1.48. The van der Waals surface area contributed by atoms with Gasteiger partial charge in [-0.15, -0.1) is 0 Å². The van der Waals surface area contributed by atoms with Gasteiger partial charge in [-0.3, -0.25) is 8.98 Å². The van der Waals surface area contributed by atoms with Crippen LogP contribution in [0.25, 0.3) is 0 Å². The fourth-order valence-electron chi connectivity index (χ4n) is 4.36. The highest BCUT2D eigenvalue weighted by Gasteiger charge is 2.35. The Morgan fingerprint density at radius 2 is 2.06 bits per heavy atom. The number of hydrogen-bond acceptors (Lipinski definition) is 8. The molecular formula is C23H23Cl2N3O6S. The van der Waals surface area contributed by atoms with E-state index >= 15 is 0 Å². The van der Waals surface area contributed by atoms with E-state index in [9.17, 15) is 18.3 Å². The number of carbonyl (C=O) groups excluding carboxylic acids is 1. The van der Waals surface area contributed by atoms with Crippen molar-refractivity contribution in [3.05, 3.63) is 81.2 Å². The molecule has 0 aliphatic heterocycles. The third-order valence-electron chi connectivity index (χ3n) is 5.99. The first-order valence-corrected chi connectivity index (χ1v) is 13.0. The van der Waals surface area contributed by atoms with Crippen LogP contribution in [0.2, 0.25) is 10.2 Å². The highest BCUT2D eigenvalue weighted by Crippen LogP contribution is 2.35. The molecule has 2 heterocycles. The van der Waals surface area contributed by atoms with E-state index in [0.717, 1.165) is 5.56 Å². The van der Waals surface area contributed by atoms with Crippen molar-refractivity contribution in [3.63, 3.8) is 0 Å². The first-order valence-electron chi connectivity index (χ1n) is 10.8. The van der Waals surface area contributed by atoms with Crippen LogP contribution in [-0.4, -0.2) is 42.0 Å². The molecule has 35 heavy (non-hydrogen) atoms. The van der Waals surface area contributed by atoms with Crippen LogP contribution in [0.1, 0.15) is 45.8 Å². The summed E-state index contributed by atoms with van der Waals surface area (Å²) in [5.41, 5.74) is 2.33. The van der Waals surface area contributed by atoms with Crippen molar-refractivity contribution in [2.24, 2.45) is 17.0 Å². The highest BCUT2D eigenvalue weighted by atomic mass is 35.5. The number of nitrogens with zero attached hydrogens (tertiary/aromatic N) is 2. The zero-order chi connectivity index (χ0) is 25.2. The fraction of sp³-hybridized carbons (Fsp3) is 0.348. The number of nitrogens with two attached hydrogens (primary N) is 1. The molecule has 3 N–H and O–H groups in total. The number of rotatable bonds is 9. The lowest BCUT2D eigenvalue weighted by Gasteiger charge is -2.13. The van der Waals surface area contributed by atoms with Crippen LogP contribution in [0.3, 0.4) is 0 Å². The topological polar surface area (TPSA) is 146 Å². The zero-order valence-electron chi connectivity index (χ0n) is 18.4. The fourth-order valence-corrected chi connectivity index (χ4v) is 5.14. The minimum absolute atomic E-state index is 0.0425. The summed E-state index contributed by atoms with van der Waals surface area (Å²) in [5, 5.41) is 15.9. The Morgan fingerprint density at radius 1 is 1.26 bits per heavy atom. The predicted molar refractivity (Wildman–Crippen MR) is 128 cm³/mol. The zero-order valence-corrected chi connectivity index (χ0v) is 20.8. The average molecular weight is 540 g/mol. The Morgan fingerprint density at radius 3 is 2.80 bits per heavy atom. The van der Waals surface area contributed by atoms with E-state index in [0.29, 0.717) is 42.0 Å². The van der Waals surface area contributed by atoms with E-state index in [1.165, 1.54) is 12.5 Å². The van der Waals surface area contributed by atoms with Crippen molar-refractivity contribution in [3.8, 4) is 0 Å². The molecule has 4 rings (SSSR count). The quantitative estimate of drug-likeness (QED) is 0.393. The van der Waals surface area contributed by atoms with Crippen molar-refractivity contribution < 1.29 is 26.9 Å². The maximum atomic E-state index is 13.3. The minimum atomic E-state index is -4.09. The maximum absolute atomic E-state index is 13.3. The van der Waals surface area contributed by atoms with Gasteiger partial charge in [0.15, 0.2) is 11.0 Å². The van der Waals surface area contributed by atoms with Gasteiger partial charge in [0.05, 0.1) is 24.0 Å². The smallest absolute Gasteiger partial charge is 0.333 e. The molecule has 0 saturated heterocycles. The first-order chi connectivity index (χ1) is 16.6. The molecular weight excluding hydrogens is 517 g/mol. The molecule has 186 valence electrons. The predicted octanol–water partition coefficient (Wildman–Crippen LogP) is 3.35. The molecule has 9 nitrogen and oxygen atoms in total.